The van der Waals surface area contributed by atoms with Crippen LogP contribution in [0.5, 0.6) is 0 Å². The molecule has 22 heavy (non-hydrogen) atoms. The number of hydrogen-bond donors (Lipinski definition) is 0. The van der Waals surface area contributed by atoms with E-state index in [9.17, 15) is 0 Å². The minimum absolute atomic E-state index is 0.0144. The molecule has 2 saturated heterocycles. The first-order valence-corrected chi connectivity index (χ1v) is 8.53. The van der Waals surface area contributed by atoms with Crippen molar-refractivity contribution in [3.8, 4) is 0 Å². The van der Waals surface area contributed by atoms with Gasteiger partial charge < -0.3 is 19.3 Å². The zero-order chi connectivity index (χ0) is 15.2. The minimum atomic E-state index is 0.0144. The van der Waals surface area contributed by atoms with Gasteiger partial charge in [-0.2, -0.15) is 0 Å². The summed E-state index contributed by atoms with van der Waals surface area (Å²) in [4.78, 5) is 4.94. The fourth-order valence-electron chi connectivity index (χ4n) is 3.42. The monoisotopic (exact) mass is 304 g/mol. The maximum absolute atomic E-state index is 5.62. The van der Waals surface area contributed by atoms with Crippen LogP contribution in [0.25, 0.3) is 0 Å². The lowest BCUT2D eigenvalue weighted by Crippen LogP contribution is -2.33. The normalized spacial score (nSPS) is 23.4. The summed E-state index contributed by atoms with van der Waals surface area (Å²) in [5.41, 5.74) is 1.36. The maximum atomic E-state index is 5.62. The van der Waals surface area contributed by atoms with Crippen LogP contribution < -0.4 is 4.90 Å². The first kappa shape index (κ1) is 15.8. The van der Waals surface area contributed by atoms with Crippen molar-refractivity contribution < 1.29 is 9.47 Å². The second-order valence-corrected chi connectivity index (χ2v) is 6.51. The molecule has 0 N–H and O–H groups in total. The predicted molar refractivity (Wildman–Crippen MR) is 89.2 cm³/mol. The van der Waals surface area contributed by atoms with Gasteiger partial charge in [-0.1, -0.05) is 18.2 Å². The van der Waals surface area contributed by atoms with Gasteiger partial charge in [0.1, 0.15) is 0 Å². The van der Waals surface area contributed by atoms with E-state index in [1.165, 1.54) is 25.2 Å². The summed E-state index contributed by atoms with van der Waals surface area (Å²) in [6.45, 7) is 6.26. The van der Waals surface area contributed by atoms with Crippen molar-refractivity contribution in [2.24, 2.45) is 5.92 Å². The van der Waals surface area contributed by atoms with E-state index in [2.05, 4.69) is 47.2 Å². The van der Waals surface area contributed by atoms with Crippen molar-refractivity contribution in [3.05, 3.63) is 30.3 Å². The van der Waals surface area contributed by atoms with Gasteiger partial charge in [-0.3, -0.25) is 0 Å². The zero-order valence-corrected chi connectivity index (χ0v) is 13.6. The van der Waals surface area contributed by atoms with Gasteiger partial charge in [-0.25, -0.2) is 0 Å². The quantitative estimate of drug-likeness (QED) is 0.806. The summed E-state index contributed by atoms with van der Waals surface area (Å²) in [6.07, 6.45) is 3.31. The fourth-order valence-corrected chi connectivity index (χ4v) is 3.42. The highest BCUT2D eigenvalue weighted by Gasteiger charge is 2.24. The molecule has 0 aromatic heterocycles. The molecule has 0 radical (unpaired) electrons. The lowest BCUT2D eigenvalue weighted by Gasteiger charge is -2.26. The summed E-state index contributed by atoms with van der Waals surface area (Å²) in [6, 6.07) is 10.8. The number of benzene rings is 1. The molecule has 3 rings (SSSR count). The topological polar surface area (TPSA) is 24.9 Å². The van der Waals surface area contributed by atoms with Gasteiger partial charge in [0.05, 0.1) is 13.2 Å². The number of ether oxygens (including phenoxy) is 2. The highest BCUT2D eigenvalue weighted by molar-refractivity contribution is 5.46. The third kappa shape index (κ3) is 4.45. The Balaban J connectivity index is 1.38. The van der Waals surface area contributed by atoms with E-state index in [-0.39, 0.29) is 6.29 Å². The summed E-state index contributed by atoms with van der Waals surface area (Å²) in [5, 5.41) is 0. The third-order valence-corrected chi connectivity index (χ3v) is 4.62. The molecule has 2 heterocycles. The van der Waals surface area contributed by atoms with Crippen LogP contribution in [-0.4, -0.2) is 57.6 Å². The standard InChI is InChI=1S/C18H28N2O2/c1-19(10-9-18-21-12-5-13-22-18)14-16-8-11-20(15-16)17-6-3-2-4-7-17/h2-4,6-7,16,18H,5,8-15H2,1H3. The van der Waals surface area contributed by atoms with E-state index in [1.54, 1.807) is 0 Å². The molecule has 0 bridgehead atoms. The highest BCUT2D eigenvalue weighted by Crippen LogP contribution is 2.24. The largest absolute Gasteiger partial charge is 0.371 e. The van der Waals surface area contributed by atoms with Crippen LogP contribution in [0.15, 0.2) is 30.3 Å². The van der Waals surface area contributed by atoms with Crippen LogP contribution in [-0.2, 0) is 9.47 Å². The molecule has 0 aliphatic carbocycles. The van der Waals surface area contributed by atoms with Gasteiger partial charge >= 0.3 is 0 Å². The third-order valence-electron chi connectivity index (χ3n) is 4.62. The molecule has 1 unspecified atom stereocenters. The Bertz CT molecular complexity index is 434. The van der Waals surface area contributed by atoms with E-state index < -0.39 is 0 Å². The molecule has 4 nitrogen and oxygen atoms in total. The van der Waals surface area contributed by atoms with E-state index >= 15 is 0 Å². The number of rotatable bonds is 6. The Morgan fingerprint density at radius 3 is 2.73 bits per heavy atom. The minimum Gasteiger partial charge on any atom is -0.371 e. The van der Waals surface area contributed by atoms with Crippen molar-refractivity contribution in [2.75, 3.05) is 51.3 Å². The summed E-state index contributed by atoms with van der Waals surface area (Å²) < 4.78 is 11.2. The number of anilines is 1. The van der Waals surface area contributed by atoms with Crippen LogP contribution in [0.4, 0.5) is 5.69 Å². The van der Waals surface area contributed by atoms with E-state index in [4.69, 9.17) is 9.47 Å². The molecule has 122 valence electrons. The van der Waals surface area contributed by atoms with Crippen molar-refractivity contribution in [3.63, 3.8) is 0 Å². The zero-order valence-electron chi connectivity index (χ0n) is 13.6. The lowest BCUT2D eigenvalue weighted by molar-refractivity contribution is -0.182. The average molecular weight is 304 g/mol. The predicted octanol–water partition coefficient (Wildman–Crippen LogP) is 2.60. The van der Waals surface area contributed by atoms with E-state index in [1.807, 2.05) is 0 Å². The van der Waals surface area contributed by atoms with Crippen LogP contribution in [0.3, 0.4) is 0 Å². The van der Waals surface area contributed by atoms with E-state index in [0.29, 0.717) is 0 Å². The number of hydrogen-bond acceptors (Lipinski definition) is 4. The molecular formula is C18H28N2O2. The van der Waals surface area contributed by atoms with Crippen molar-refractivity contribution >= 4 is 5.69 Å². The van der Waals surface area contributed by atoms with Crippen LogP contribution in [0, 0.1) is 5.92 Å². The van der Waals surface area contributed by atoms with Gasteiger partial charge in [0.15, 0.2) is 6.29 Å². The fraction of sp³-hybridized carbons (Fsp3) is 0.667. The van der Waals surface area contributed by atoms with Crippen LogP contribution >= 0.6 is 0 Å². The molecule has 0 amide bonds. The molecule has 1 atom stereocenters. The molecule has 0 spiro atoms. The highest BCUT2D eigenvalue weighted by atomic mass is 16.7. The Hall–Kier alpha value is -1.10. The molecule has 2 fully saturated rings. The van der Waals surface area contributed by atoms with Crippen molar-refractivity contribution in [1.82, 2.24) is 4.90 Å². The lowest BCUT2D eigenvalue weighted by atomic mass is 10.1. The van der Waals surface area contributed by atoms with Gasteiger partial charge in [-0.15, -0.1) is 0 Å². The SMILES string of the molecule is CN(CCC1OCCCO1)CC1CCN(c2ccccc2)C1. The van der Waals surface area contributed by atoms with Gasteiger partial charge in [-0.05, 0) is 37.9 Å². The molecule has 4 heteroatoms. The van der Waals surface area contributed by atoms with Crippen LogP contribution in [0.1, 0.15) is 19.3 Å². The first-order chi connectivity index (χ1) is 10.8. The van der Waals surface area contributed by atoms with Crippen LogP contribution in [0.2, 0.25) is 0 Å². The summed E-state index contributed by atoms with van der Waals surface area (Å²) in [7, 11) is 2.22. The first-order valence-electron chi connectivity index (χ1n) is 8.53. The molecule has 2 aliphatic heterocycles. The average Bonchev–Trinajstić information content (AvgIpc) is 3.03. The van der Waals surface area contributed by atoms with Gasteiger partial charge in [0.25, 0.3) is 0 Å². The number of para-hydroxylation sites is 1. The van der Waals surface area contributed by atoms with Gasteiger partial charge in [0.2, 0.25) is 0 Å². The molecule has 1 aromatic rings. The van der Waals surface area contributed by atoms with Crippen molar-refractivity contribution in [1.29, 1.82) is 0 Å². The van der Waals surface area contributed by atoms with Crippen molar-refractivity contribution in [2.45, 2.75) is 25.6 Å². The summed E-state index contributed by atoms with van der Waals surface area (Å²) >= 11 is 0. The Morgan fingerprint density at radius 1 is 1.18 bits per heavy atom. The Labute approximate surface area is 134 Å². The van der Waals surface area contributed by atoms with Gasteiger partial charge in [0, 0.05) is 38.3 Å². The Kier molecular flexibility index (Phi) is 5.70. The molecular weight excluding hydrogens is 276 g/mol. The smallest absolute Gasteiger partial charge is 0.158 e. The molecule has 1 aromatic carbocycles. The second-order valence-electron chi connectivity index (χ2n) is 6.51. The molecule has 2 aliphatic rings. The second kappa shape index (κ2) is 7.95. The maximum Gasteiger partial charge on any atom is 0.158 e. The Morgan fingerprint density at radius 2 is 1.95 bits per heavy atom. The summed E-state index contributed by atoms with van der Waals surface area (Å²) in [5.74, 6) is 0.762. The molecule has 0 saturated carbocycles. The number of nitrogens with zero attached hydrogens (tertiary/aromatic N) is 2. The van der Waals surface area contributed by atoms with E-state index in [0.717, 1.165) is 45.1 Å².